The summed E-state index contributed by atoms with van der Waals surface area (Å²) < 4.78 is 0. The lowest BCUT2D eigenvalue weighted by atomic mass is 10.0. The van der Waals surface area contributed by atoms with Gasteiger partial charge in [-0.05, 0) is 46.7 Å². The highest BCUT2D eigenvalue weighted by Crippen LogP contribution is 2.22. The summed E-state index contributed by atoms with van der Waals surface area (Å²) in [6.07, 6.45) is 5.52. The number of likely N-dealkylation sites (N-methyl/N-ethyl adjacent to an activating group) is 2. The van der Waals surface area contributed by atoms with Crippen LogP contribution in [-0.2, 0) is 0 Å². The Bertz CT molecular complexity index is 209. The standard InChI is InChI=1S/C13H26N2/c1-11(2)7-6-8-12(3)13-14(4)9-10-15(13)5/h7,12-13H,6,8-10H2,1-5H3. The Morgan fingerprint density at radius 1 is 1.27 bits per heavy atom. The number of allylic oxidation sites excluding steroid dienone is 2. The molecule has 0 aromatic carbocycles. The Labute approximate surface area is 94.9 Å². The van der Waals surface area contributed by atoms with Crippen molar-refractivity contribution in [3.05, 3.63) is 11.6 Å². The van der Waals surface area contributed by atoms with Crippen LogP contribution < -0.4 is 0 Å². The van der Waals surface area contributed by atoms with Gasteiger partial charge in [0.2, 0.25) is 0 Å². The first-order valence-corrected chi connectivity index (χ1v) is 6.06. The van der Waals surface area contributed by atoms with E-state index in [0.29, 0.717) is 6.17 Å². The molecule has 0 aromatic heterocycles. The average Bonchev–Trinajstić information content (AvgIpc) is 2.45. The second kappa shape index (κ2) is 5.66. The van der Waals surface area contributed by atoms with Gasteiger partial charge >= 0.3 is 0 Å². The van der Waals surface area contributed by atoms with Crippen LogP contribution in [0.15, 0.2) is 11.6 Å². The van der Waals surface area contributed by atoms with Gasteiger partial charge in [0.25, 0.3) is 0 Å². The molecule has 0 aliphatic carbocycles. The molecule has 1 saturated heterocycles. The highest BCUT2D eigenvalue weighted by atomic mass is 15.4. The summed E-state index contributed by atoms with van der Waals surface area (Å²) in [5, 5.41) is 0. The lowest BCUT2D eigenvalue weighted by Crippen LogP contribution is -2.39. The minimum Gasteiger partial charge on any atom is -0.289 e. The zero-order chi connectivity index (χ0) is 11.4. The maximum absolute atomic E-state index is 2.48. The van der Waals surface area contributed by atoms with E-state index < -0.39 is 0 Å². The van der Waals surface area contributed by atoms with Crippen molar-refractivity contribution in [2.24, 2.45) is 5.92 Å². The normalized spacial score (nSPS) is 21.9. The molecule has 0 bridgehead atoms. The van der Waals surface area contributed by atoms with Crippen molar-refractivity contribution in [2.45, 2.75) is 39.8 Å². The maximum atomic E-state index is 2.48. The minimum absolute atomic E-state index is 0.649. The lowest BCUT2D eigenvalue weighted by molar-refractivity contribution is 0.121. The quantitative estimate of drug-likeness (QED) is 0.658. The van der Waals surface area contributed by atoms with Crippen molar-refractivity contribution in [1.82, 2.24) is 9.80 Å². The van der Waals surface area contributed by atoms with E-state index in [-0.39, 0.29) is 0 Å². The Kier molecular flexibility index (Phi) is 4.81. The van der Waals surface area contributed by atoms with Gasteiger partial charge in [-0.3, -0.25) is 9.80 Å². The third-order valence-corrected chi connectivity index (χ3v) is 3.39. The summed E-state index contributed by atoms with van der Waals surface area (Å²) in [4.78, 5) is 4.96. The summed E-state index contributed by atoms with van der Waals surface area (Å²) >= 11 is 0. The zero-order valence-electron chi connectivity index (χ0n) is 11.0. The smallest absolute Gasteiger partial charge is 0.0644 e. The predicted octanol–water partition coefficient (Wildman–Crippen LogP) is 2.57. The fourth-order valence-electron chi connectivity index (χ4n) is 2.57. The van der Waals surface area contributed by atoms with Crippen LogP contribution in [0, 0.1) is 5.92 Å². The first-order valence-electron chi connectivity index (χ1n) is 6.06. The fraction of sp³-hybridized carbons (Fsp3) is 0.846. The second-order valence-corrected chi connectivity index (χ2v) is 5.21. The van der Waals surface area contributed by atoms with Crippen molar-refractivity contribution in [3.63, 3.8) is 0 Å². The maximum Gasteiger partial charge on any atom is 0.0644 e. The Balaban J connectivity index is 2.39. The molecule has 1 heterocycles. The Hall–Kier alpha value is -0.340. The molecule has 2 heteroatoms. The molecule has 0 amide bonds. The fourth-order valence-corrected chi connectivity index (χ4v) is 2.57. The molecule has 2 nitrogen and oxygen atoms in total. The molecule has 0 saturated carbocycles. The number of hydrogen-bond donors (Lipinski definition) is 0. The molecule has 0 aromatic rings. The molecular formula is C13H26N2. The monoisotopic (exact) mass is 210 g/mol. The summed E-state index contributed by atoms with van der Waals surface area (Å²) in [6.45, 7) is 9.17. The zero-order valence-corrected chi connectivity index (χ0v) is 11.0. The van der Waals surface area contributed by atoms with Crippen LogP contribution in [0.5, 0.6) is 0 Å². The minimum atomic E-state index is 0.649. The van der Waals surface area contributed by atoms with Crippen LogP contribution in [0.2, 0.25) is 0 Å². The van der Waals surface area contributed by atoms with Gasteiger partial charge in [-0.25, -0.2) is 0 Å². The van der Waals surface area contributed by atoms with Crippen molar-refractivity contribution in [3.8, 4) is 0 Å². The first kappa shape index (κ1) is 12.7. The van der Waals surface area contributed by atoms with Gasteiger partial charge in [-0.1, -0.05) is 18.6 Å². The number of rotatable bonds is 4. The van der Waals surface area contributed by atoms with E-state index in [9.17, 15) is 0 Å². The van der Waals surface area contributed by atoms with Gasteiger partial charge in [0.05, 0.1) is 6.17 Å². The van der Waals surface area contributed by atoms with Crippen LogP contribution in [-0.4, -0.2) is 43.2 Å². The lowest BCUT2D eigenvalue weighted by Gasteiger charge is -2.30. The third kappa shape index (κ3) is 3.62. The van der Waals surface area contributed by atoms with Crippen LogP contribution in [0.3, 0.4) is 0 Å². The van der Waals surface area contributed by atoms with E-state index in [2.05, 4.69) is 50.7 Å². The molecule has 88 valence electrons. The summed E-state index contributed by atoms with van der Waals surface area (Å²) in [7, 11) is 4.48. The van der Waals surface area contributed by atoms with E-state index in [1.807, 2.05) is 0 Å². The average molecular weight is 210 g/mol. The van der Waals surface area contributed by atoms with E-state index >= 15 is 0 Å². The molecule has 1 fully saturated rings. The molecule has 0 N–H and O–H groups in total. The summed E-state index contributed by atoms with van der Waals surface area (Å²) in [6, 6.07) is 0. The van der Waals surface area contributed by atoms with Gasteiger partial charge < -0.3 is 0 Å². The highest BCUT2D eigenvalue weighted by molar-refractivity contribution is 4.93. The number of nitrogens with zero attached hydrogens (tertiary/aromatic N) is 2. The van der Waals surface area contributed by atoms with E-state index in [0.717, 1.165) is 5.92 Å². The topological polar surface area (TPSA) is 6.48 Å². The molecule has 1 aliphatic heterocycles. The van der Waals surface area contributed by atoms with Gasteiger partial charge in [0.1, 0.15) is 0 Å². The Morgan fingerprint density at radius 3 is 2.27 bits per heavy atom. The molecule has 0 radical (unpaired) electrons. The van der Waals surface area contributed by atoms with Gasteiger partial charge in [0.15, 0.2) is 0 Å². The molecule has 15 heavy (non-hydrogen) atoms. The predicted molar refractivity (Wildman–Crippen MR) is 66.9 cm³/mol. The molecule has 1 aliphatic rings. The van der Waals surface area contributed by atoms with Crippen molar-refractivity contribution < 1.29 is 0 Å². The largest absolute Gasteiger partial charge is 0.289 e. The van der Waals surface area contributed by atoms with Crippen molar-refractivity contribution >= 4 is 0 Å². The van der Waals surface area contributed by atoms with Gasteiger partial charge in [-0.15, -0.1) is 0 Å². The highest BCUT2D eigenvalue weighted by Gasteiger charge is 2.30. The summed E-state index contributed by atoms with van der Waals surface area (Å²) in [5.41, 5.74) is 1.44. The van der Waals surface area contributed by atoms with E-state index in [1.54, 1.807) is 0 Å². The SMILES string of the molecule is CC(C)=CCCC(C)C1N(C)CCN1C. The molecule has 1 atom stereocenters. The van der Waals surface area contributed by atoms with Crippen molar-refractivity contribution in [1.29, 1.82) is 0 Å². The Morgan fingerprint density at radius 2 is 1.80 bits per heavy atom. The summed E-state index contributed by atoms with van der Waals surface area (Å²) in [5.74, 6) is 0.762. The number of hydrogen-bond acceptors (Lipinski definition) is 2. The van der Waals surface area contributed by atoms with Crippen LogP contribution in [0.1, 0.15) is 33.6 Å². The van der Waals surface area contributed by atoms with E-state index in [4.69, 9.17) is 0 Å². The van der Waals surface area contributed by atoms with E-state index in [1.165, 1.54) is 31.5 Å². The molecular weight excluding hydrogens is 184 g/mol. The molecule has 1 rings (SSSR count). The molecule has 1 unspecified atom stereocenters. The third-order valence-electron chi connectivity index (χ3n) is 3.39. The first-order chi connectivity index (χ1) is 7.02. The van der Waals surface area contributed by atoms with Crippen LogP contribution in [0.4, 0.5) is 0 Å². The van der Waals surface area contributed by atoms with Gasteiger partial charge in [-0.2, -0.15) is 0 Å². The molecule has 0 spiro atoms. The van der Waals surface area contributed by atoms with Gasteiger partial charge in [0, 0.05) is 13.1 Å². The van der Waals surface area contributed by atoms with Crippen LogP contribution >= 0.6 is 0 Å². The van der Waals surface area contributed by atoms with Crippen molar-refractivity contribution in [2.75, 3.05) is 27.2 Å². The van der Waals surface area contributed by atoms with Crippen LogP contribution in [0.25, 0.3) is 0 Å². The second-order valence-electron chi connectivity index (χ2n) is 5.21.